The molecule has 0 fully saturated rings. The minimum atomic E-state index is 0.554. The lowest BCUT2D eigenvalue weighted by Crippen LogP contribution is -1.90. The fourth-order valence-corrected chi connectivity index (χ4v) is 2.14. The molecule has 0 aliphatic rings. The summed E-state index contributed by atoms with van der Waals surface area (Å²) in [6.07, 6.45) is 3.46. The highest BCUT2D eigenvalue weighted by Crippen LogP contribution is 2.25. The smallest absolute Gasteiger partial charge is 0.164 e. The van der Waals surface area contributed by atoms with E-state index in [9.17, 15) is 0 Å². The normalized spacial score (nSPS) is 10.9. The first-order chi connectivity index (χ1) is 8.25. The summed E-state index contributed by atoms with van der Waals surface area (Å²) in [7, 11) is 0. The second kappa shape index (κ2) is 4.13. The minimum Gasteiger partial charge on any atom is -0.236 e. The van der Waals surface area contributed by atoms with E-state index >= 15 is 0 Å². The second-order valence-electron chi connectivity index (χ2n) is 3.57. The topological polar surface area (TPSA) is 30.2 Å². The number of hydrogen-bond donors (Lipinski definition) is 0. The Morgan fingerprint density at radius 1 is 1.12 bits per heavy atom. The Labute approximate surface area is 111 Å². The van der Waals surface area contributed by atoms with Gasteiger partial charge in [-0.2, -0.15) is 5.10 Å². The fourth-order valence-electron chi connectivity index (χ4n) is 1.70. The van der Waals surface area contributed by atoms with E-state index in [2.05, 4.69) is 26.0 Å². The molecule has 17 heavy (non-hydrogen) atoms. The summed E-state index contributed by atoms with van der Waals surface area (Å²) in [6.45, 7) is 0. The van der Waals surface area contributed by atoms with E-state index in [4.69, 9.17) is 11.6 Å². The van der Waals surface area contributed by atoms with Crippen molar-refractivity contribution >= 4 is 33.2 Å². The number of benzene rings is 1. The standard InChI is InChI=1S/C12H7BrClN3/c13-9-3-1-8(2-4-9)10-7-16-17-11(14)5-6-15-12(10)17/h1-7H. The van der Waals surface area contributed by atoms with Crippen LogP contribution >= 0.6 is 27.5 Å². The Bertz CT molecular complexity index is 676. The Morgan fingerprint density at radius 3 is 2.65 bits per heavy atom. The van der Waals surface area contributed by atoms with Crippen LogP contribution in [0.2, 0.25) is 5.15 Å². The Balaban J connectivity index is 2.24. The second-order valence-corrected chi connectivity index (χ2v) is 4.87. The Hall–Kier alpha value is -1.39. The molecule has 0 atom stereocenters. The van der Waals surface area contributed by atoms with Gasteiger partial charge in [-0.3, -0.25) is 0 Å². The van der Waals surface area contributed by atoms with Gasteiger partial charge in [-0.05, 0) is 23.8 Å². The lowest BCUT2D eigenvalue weighted by molar-refractivity contribution is 0.940. The zero-order chi connectivity index (χ0) is 11.8. The fraction of sp³-hybridized carbons (Fsp3) is 0. The highest BCUT2D eigenvalue weighted by atomic mass is 79.9. The predicted octanol–water partition coefficient (Wildman–Crippen LogP) is 3.81. The molecule has 2 heterocycles. The molecule has 0 aliphatic heterocycles. The maximum absolute atomic E-state index is 6.04. The number of fused-ring (bicyclic) bond motifs is 1. The van der Waals surface area contributed by atoms with E-state index in [1.165, 1.54) is 0 Å². The molecule has 3 nitrogen and oxygen atoms in total. The third kappa shape index (κ3) is 1.83. The zero-order valence-corrected chi connectivity index (χ0v) is 11.0. The molecular weight excluding hydrogens is 302 g/mol. The molecule has 0 N–H and O–H groups in total. The summed E-state index contributed by atoms with van der Waals surface area (Å²) in [5, 5.41) is 4.78. The van der Waals surface area contributed by atoms with Gasteiger partial charge in [-0.15, -0.1) is 0 Å². The summed E-state index contributed by atoms with van der Waals surface area (Å²) < 4.78 is 2.67. The van der Waals surface area contributed by atoms with Gasteiger partial charge in [0.1, 0.15) is 5.15 Å². The number of rotatable bonds is 1. The van der Waals surface area contributed by atoms with Gasteiger partial charge in [0.05, 0.1) is 6.20 Å². The van der Waals surface area contributed by atoms with Crippen LogP contribution in [0, 0.1) is 0 Å². The number of aromatic nitrogens is 3. The molecule has 0 saturated heterocycles. The number of hydrogen-bond acceptors (Lipinski definition) is 2. The monoisotopic (exact) mass is 307 g/mol. The molecular formula is C12H7BrClN3. The molecule has 2 aromatic heterocycles. The van der Waals surface area contributed by atoms with Crippen molar-refractivity contribution in [3.8, 4) is 11.1 Å². The van der Waals surface area contributed by atoms with Crippen molar-refractivity contribution in [1.29, 1.82) is 0 Å². The summed E-state index contributed by atoms with van der Waals surface area (Å²) >= 11 is 9.45. The van der Waals surface area contributed by atoms with Crippen molar-refractivity contribution in [1.82, 2.24) is 14.6 Å². The maximum Gasteiger partial charge on any atom is 0.164 e. The van der Waals surface area contributed by atoms with E-state index in [-0.39, 0.29) is 0 Å². The van der Waals surface area contributed by atoms with Crippen molar-refractivity contribution < 1.29 is 0 Å². The van der Waals surface area contributed by atoms with Crippen molar-refractivity contribution in [2.45, 2.75) is 0 Å². The summed E-state index contributed by atoms with van der Waals surface area (Å²) in [4.78, 5) is 4.31. The molecule has 0 aliphatic carbocycles. The van der Waals surface area contributed by atoms with Crippen LogP contribution in [0.25, 0.3) is 16.8 Å². The van der Waals surface area contributed by atoms with Crippen LogP contribution in [0.3, 0.4) is 0 Å². The number of halogens is 2. The van der Waals surface area contributed by atoms with Crippen LogP contribution in [-0.2, 0) is 0 Å². The molecule has 5 heteroatoms. The summed E-state index contributed by atoms with van der Waals surface area (Å²) in [6, 6.07) is 9.73. The predicted molar refractivity (Wildman–Crippen MR) is 71.1 cm³/mol. The highest BCUT2D eigenvalue weighted by molar-refractivity contribution is 9.10. The maximum atomic E-state index is 6.04. The SMILES string of the molecule is Clc1ccnc2c(-c3ccc(Br)cc3)cnn12. The summed E-state index contributed by atoms with van der Waals surface area (Å²) in [5.41, 5.74) is 2.80. The van der Waals surface area contributed by atoms with Crippen molar-refractivity contribution in [2.24, 2.45) is 0 Å². The van der Waals surface area contributed by atoms with Crippen molar-refractivity contribution in [3.05, 3.63) is 52.4 Å². The van der Waals surface area contributed by atoms with E-state index in [0.29, 0.717) is 5.15 Å². The molecule has 0 amide bonds. The van der Waals surface area contributed by atoms with E-state index in [1.807, 2.05) is 24.3 Å². The lowest BCUT2D eigenvalue weighted by atomic mass is 10.1. The van der Waals surface area contributed by atoms with Crippen molar-refractivity contribution in [2.75, 3.05) is 0 Å². The van der Waals surface area contributed by atoms with E-state index in [1.54, 1.807) is 23.0 Å². The minimum absolute atomic E-state index is 0.554. The van der Waals surface area contributed by atoms with Crippen LogP contribution < -0.4 is 0 Å². The zero-order valence-electron chi connectivity index (χ0n) is 8.64. The van der Waals surface area contributed by atoms with Crippen LogP contribution in [0.5, 0.6) is 0 Å². The molecule has 0 bridgehead atoms. The Morgan fingerprint density at radius 2 is 1.88 bits per heavy atom. The quantitative estimate of drug-likeness (QED) is 0.640. The molecule has 3 aromatic rings. The third-order valence-electron chi connectivity index (χ3n) is 2.51. The van der Waals surface area contributed by atoms with Crippen molar-refractivity contribution in [3.63, 3.8) is 0 Å². The van der Waals surface area contributed by atoms with Gasteiger partial charge in [0.25, 0.3) is 0 Å². The average molecular weight is 309 g/mol. The van der Waals surface area contributed by atoms with Crippen LogP contribution in [-0.4, -0.2) is 14.6 Å². The molecule has 0 radical (unpaired) electrons. The Kier molecular flexibility index (Phi) is 2.61. The molecule has 0 unspecified atom stereocenters. The van der Waals surface area contributed by atoms with Gasteiger partial charge in [-0.25, -0.2) is 9.50 Å². The number of nitrogens with zero attached hydrogens (tertiary/aromatic N) is 3. The molecule has 0 saturated carbocycles. The molecule has 1 aromatic carbocycles. The van der Waals surface area contributed by atoms with Gasteiger partial charge >= 0.3 is 0 Å². The van der Waals surface area contributed by atoms with Crippen LogP contribution in [0.1, 0.15) is 0 Å². The van der Waals surface area contributed by atoms with E-state index in [0.717, 1.165) is 21.2 Å². The van der Waals surface area contributed by atoms with Gasteiger partial charge in [-0.1, -0.05) is 39.7 Å². The van der Waals surface area contributed by atoms with E-state index < -0.39 is 0 Å². The van der Waals surface area contributed by atoms with Crippen LogP contribution in [0.4, 0.5) is 0 Å². The first-order valence-corrected chi connectivity index (χ1v) is 6.17. The van der Waals surface area contributed by atoms with Gasteiger partial charge < -0.3 is 0 Å². The van der Waals surface area contributed by atoms with Gasteiger partial charge in [0.2, 0.25) is 0 Å². The first-order valence-electron chi connectivity index (χ1n) is 5.00. The lowest BCUT2D eigenvalue weighted by Gasteiger charge is -1.99. The molecule has 0 spiro atoms. The first kappa shape index (κ1) is 10.7. The molecule has 3 rings (SSSR count). The summed E-state index contributed by atoms with van der Waals surface area (Å²) in [5.74, 6) is 0. The highest BCUT2D eigenvalue weighted by Gasteiger charge is 2.09. The van der Waals surface area contributed by atoms with Gasteiger partial charge in [0.15, 0.2) is 5.65 Å². The largest absolute Gasteiger partial charge is 0.236 e. The van der Waals surface area contributed by atoms with Gasteiger partial charge in [0, 0.05) is 16.2 Å². The third-order valence-corrected chi connectivity index (χ3v) is 3.33. The molecule has 84 valence electrons. The van der Waals surface area contributed by atoms with Crippen LogP contribution in [0.15, 0.2) is 47.2 Å². The average Bonchev–Trinajstić information content (AvgIpc) is 2.75.